The summed E-state index contributed by atoms with van der Waals surface area (Å²) in [6, 6.07) is 5.38. The Labute approximate surface area is 98.5 Å². The highest BCUT2D eigenvalue weighted by Gasteiger charge is 2.31. The molecule has 0 fully saturated rings. The number of carbonyl (C=O) groups excluding carboxylic acids is 1. The fraction of sp³-hybridized carbons (Fsp3) is 0.300. The highest BCUT2D eigenvalue weighted by Crippen LogP contribution is 2.26. The van der Waals surface area contributed by atoms with Crippen molar-refractivity contribution < 1.29 is 22.7 Å². The Bertz CT molecular complexity index is 365. The SMILES string of the molecule is O=CC(CBr)c1cccc(OC(F)(F)F)c1. The summed E-state index contributed by atoms with van der Waals surface area (Å²) in [6.07, 6.45) is -4.05. The summed E-state index contributed by atoms with van der Waals surface area (Å²) in [5, 5.41) is 0.353. The van der Waals surface area contributed by atoms with Gasteiger partial charge in [0.1, 0.15) is 12.0 Å². The van der Waals surface area contributed by atoms with Gasteiger partial charge in [-0.05, 0) is 17.7 Å². The number of aldehydes is 1. The van der Waals surface area contributed by atoms with Gasteiger partial charge in [0, 0.05) is 11.2 Å². The Kier molecular flexibility index (Phi) is 4.35. The fourth-order valence-corrected chi connectivity index (χ4v) is 1.67. The van der Waals surface area contributed by atoms with Gasteiger partial charge in [0.05, 0.1) is 0 Å². The quantitative estimate of drug-likeness (QED) is 0.630. The van der Waals surface area contributed by atoms with Crippen LogP contribution in [-0.4, -0.2) is 18.0 Å². The number of ether oxygens (including phenoxy) is 1. The number of carbonyl (C=O) groups is 1. The lowest BCUT2D eigenvalue weighted by Gasteiger charge is -2.11. The van der Waals surface area contributed by atoms with Crippen molar-refractivity contribution in [1.29, 1.82) is 0 Å². The fourth-order valence-electron chi connectivity index (χ4n) is 1.15. The van der Waals surface area contributed by atoms with Crippen molar-refractivity contribution in [3.8, 4) is 5.75 Å². The molecule has 0 N–H and O–H groups in total. The van der Waals surface area contributed by atoms with Crippen LogP contribution in [0.15, 0.2) is 24.3 Å². The van der Waals surface area contributed by atoms with Gasteiger partial charge in [0.25, 0.3) is 0 Å². The predicted molar refractivity (Wildman–Crippen MR) is 55.7 cm³/mol. The monoisotopic (exact) mass is 296 g/mol. The summed E-state index contributed by atoms with van der Waals surface area (Å²) in [4.78, 5) is 10.6. The van der Waals surface area contributed by atoms with Crippen molar-refractivity contribution in [3.63, 3.8) is 0 Å². The van der Waals surface area contributed by atoms with Crippen LogP contribution >= 0.6 is 15.9 Å². The summed E-state index contributed by atoms with van der Waals surface area (Å²) < 4.78 is 39.6. The second-order valence-electron chi connectivity index (χ2n) is 3.02. The van der Waals surface area contributed by atoms with Crippen LogP contribution in [-0.2, 0) is 4.79 Å². The molecule has 0 aliphatic heterocycles. The minimum Gasteiger partial charge on any atom is -0.406 e. The first kappa shape index (κ1) is 13.0. The topological polar surface area (TPSA) is 26.3 Å². The van der Waals surface area contributed by atoms with Crippen molar-refractivity contribution >= 4 is 22.2 Å². The molecule has 6 heteroatoms. The minimum absolute atomic E-state index is 0.321. The number of benzene rings is 1. The van der Waals surface area contributed by atoms with Crippen LogP contribution in [0, 0.1) is 0 Å². The standard InChI is InChI=1S/C10H8BrF3O2/c11-5-8(6-15)7-2-1-3-9(4-7)16-10(12,13)14/h1-4,6,8H,5H2. The molecule has 1 rings (SSSR count). The van der Waals surface area contributed by atoms with Gasteiger partial charge in [0.2, 0.25) is 0 Å². The van der Waals surface area contributed by atoms with Crippen LogP contribution in [0.4, 0.5) is 13.2 Å². The van der Waals surface area contributed by atoms with Crippen molar-refractivity contribution in [1.82, 2.24) is 0 Å². The average Bonchev–Trinajstić information content (AvgIpc) is 2.17. The molecule has 1 aromatic rings. The van der Waals surface area contributed by atoms with E-state index in [1.807, 2.05) is 0 Å². The molecule has 0 radical (unpaired) electrons. The number of halogens is 4. The Morgan fingerprint density at radius 2 is 2.12 bits per heavy atom. The highest BCUT2D eigenvalue weighted by molar-refractivity contribution is 9.09. The molecule has 2 nitrogen and oxygen atoms in total. The van der Waals surface area contributed by atoms with Crippen LogP contribution in [0.5, 0.6) is 5.75 Å². The predicted octanol–water partition coefficient (Wildman–Crippen LogP) is 3.26. The van der Waals surface area contributed by atoms with Gasteiger partial charge in [-0.15, -0.1) is 13.2 Å². The van der Waals surface area contributed by atoms with E-state index in [4.69, 9.17) is 0 Å². The summed E-state index contributed by atoms with van der Waals surface area (Å²) in [6.45, 7) is 0. The van der Waals surface area contributed by atoms with Crippen molar-refractivity contribution in [3.05, 3.63) is 29.8 Å². The van der Waals surface area contributed by atoms with Crippen LogP contribution in [0.2, 0.25) is 0 Å². The maximum absolute atomic E-state index is 11.9. The van der Waals surface area contributed by atoms with Crippen LogP contribution in [0.1, 0.15) is 11.5 Å². The lowest BCUT2D eigenvalue weighted by Crippen LogP contribution is -2.17. The Morgan fingerprint density at radius 1 is 1.44 bits per heavy atom. The van der Waals surface area contributed by atoms with Gasteiger partial charge in [-0.2, -0.15) is 0 Å². The summed E-state index contributed by atoms with van der Waals surface area (Å²) >= 11 is 3.10. The van der Waals surface area contributed by atoms with Gasteiger partial charge in [-0.3, -0.25) is 0 Å². The Morgan fingerprint density at radius 3 is 2.62 bits per heavy atom. The zero-order chi connectivity index (χ0) is 12.2. The molecule has 0 bridgehead atoms. The molecular formula is C10H8BrF3O2. The lowest BCUT2D eigenvalue weighted by atomic mass is 10.0. The lowest BCUT2D eigenvalue weighted by molar-refractivity contribution is -0.274. The van der Waals surface area contributed by atoms with E-state index in [9.17, 15) is 18.0 Å². The maximum atomic E-state index is 11.9. The normalized spacial score (nSPS) is 13.2. The number of alkyl halides is 4. The van der Waals surface area contributed by atoms with Crippen molar-refractivity contribution in [2.45, 2.75) is 12.3 Å². The van der Waals surface area contributed by atoms with Gasteiger partial charge in [-0.1, -0.05) is 28.1 Å². The molecule has 16 heavy (non-hydrogen) atoms. The molecule has 1 aromatic carbocycles. The molecule has 1 unspecified atom stereocenters. The average molecular weight is 297 g/mol. The zero-order valence-corrected chi connectivity index (χ0v) is 9.59. The molecule has 0 spiro atoms. The summed E-state index contributed by atoms with van der Waals surface area (Å²) in [5.74, 6) is -0.797. The van der Waals surface area contributed by atoms with E-state index < -0.39 is 12.3 Å². The molecule has 88 valence electrons. The van der Waals surface area contributed by atoms with Gasteiger partial charge < -0.3 is 9.53 Å². The molecule has 0 saturated carbocycles. The van der Waals surface area contributed by atoms with E-state index in [2.05, 4.69) is 20.7 Å². The number of hydrogen-bond donors (Lipinski definition) is 0. The molecule has 0 aromatic heterocycles. The smallest absolute Gasteiger partial charge is 0.406 e. The first-order valence-electron chi connectivity index (χ1n) is 4.33. The van der Waals surface area contributed by atoms with E-state index in [1.54, 1.807) is 6.07 Å². The molecule has 0 saturated heterocycles. The van der Waals surface area contributed by atoms with Crippen LogP contribution in [0.25, 0.3) is 0 Å². The van der Waals surface area contributed by atoms with Gasteiger partial charge in [0.15, 0.2) is 0 Å². The first-order chi connectivity index (χ1) is 7.46. The molecular weight excluding hydrogens is 289 g/mol. The van der Waals surface area contributed by atoms with E-state index in [0.717, 1.165) is 0 Å². The van der Waals surface area contributed by atoms with Crippen LogP contribution < -0.4 is 4.74 Å². The third-order valence-electron chi connectivity index (χ3n) is 1.85. The van der Waals surface area contributed by atoms with Gasteiger partial charge in [-0.25, -0.2) is 0 Å². The third kappa shape index (κ3) is 3.84. The molecule has 0 heterocycles. The van der Waals surface area contributed by atoms with E-state index in [-0.39, 0.29) is 5.75 Å². The summed E-state index contributed by atoms with van der Waals surface area (Å²) in [7, 11) is 0. The second-order valence-corrected chi connectivity index (χ2v) is 3.66. The van der Waals surface area contributed by atoms with E-state index >= 15 is 0 Å². The largest absolute Gasteiger partial charge is 0.573 e. The van der Waals surface area contributed by atoms with E-state index in [1.165, 1.54) is 18.2 Å². The number of rotatable bonds is 4. The van der Waals surface area contributed by atoms with E-state index in [0.29, 0.717) is 17.2 Å². The van der Waals surface area contributed by atoms with Gasteiger partial charge >= 0.3 is 6.36 Å². The molecule has 0 aliphatic rings. The first-order valence-corrected chi connectivity index (χ1v) is 5.45. The molecule has 1 atom stereocenters. The molecule has 0 amide bonds. The van der Waals surface area contributed by atoms with Crippen molar-refractivity contribution in [2.75, 3.05) is 5.33 Å². The maximum Gasteiger partial charge on any atom is 0.573 e. The third-order valence-corrected chi connectivity index (χ3v) is 2.55. The Hall–Kier alpha value is -1.04. The second kappa shape index (κ2) is 5.34. The van der Waals surface area contributed by atoms with Crippen molar-refractivity contribution in [2.24, 2.45) is 0 Å². The summed E-state index contributed by atoms with van der Waals surface area (Å²) in [5.41, 5.74) is 0.480. The zero-order valence-electron chi connectivity index (χ0n) is 8.00. The minimum atomic E-state index is -4.72. The highest BCUT2D eigenvalue weighted by atomic mass is 79.9. The Balaban J connectivity index is 2.90. The number of hydrogen-bond acceptors (Lipinski definition) is 2. The molecule has 0 aliphatic carbocycles. The van der Waals surface area contributed by atoms with Crippen LogP contribution in [0.3, 0.4) is 0 Å².